The van der Waals surface area contributed by atoms with Gasteiger partial charge in [-0.15, -0.1) is 12.4 Å². The highest BCUT2D eigenvalue weighted by Gasteiger charge is 2.29. The van der Waals surface area contributed by atoms with Crippen LogP contribution >= 0.6 is 12.4 Å². The number of carbonyl (C=O) groups excluding carboxylic acids is 1. The van der Waals surface area contributed by atoms with Crippen LogP contribution in [0.25, 0.3) is 0 Å². The second-order valence-corrected chi connectivity index (χ2v) is 6.42. The molecule has 0 aromatic rings. The van der Waals surface area contributed by atoms with Gasteiger partial charge in [0.25, 0.3) is 0 Å². The molecule has 2 rings (SSSR count). The number of amides is 1. The van der Waals surface area contributed by atoms with Crippen molar-refractivity contribution in [3.8, 4) is 0 Å². The molecule has 0 saturated carbocycles. The minimum atomic E-state index is 0. The van der Waals surface area contributed by atoms with Crippen LogP contribution in [0.5, 0.6) is 0 Å². The second-order valence-electron chi connectivity index (χ2n) is 6.42. The van der Waals surface area contributed by atoms with Crippen LogP contribution in [0.1, 0.15) is 39.5 Å². The molecule has 2 aliphatic heterocycles. The zero-order chi connectivity index (χ0) is 14.4. The topological polar surface area (TPSA) is 41.6 Å². The molecule has 0 radical (unpaired) electrons. The van der Waals surface area contributed by atoms with Crippen molar-refractivity contribution in [3.63, 3.8) is 0 Å². The maximum atomic E-state index is 12.4. The third-order valence-corrected chi connectivity index (χ3v) is 4.88. The van der Waals surface area contributed by atoms with Gasteiger partial charge in [-0.05, 0) is 51.1 Å². The standard InChI is InChI=1S/C16H30N2O2.ClH/c1-3-20-12-14-6-9-18(11-14)16(19)10-13(2)15-4-7-17-8-5-15;/h13-15,17H,3-12H2,1-2H3;1H. The molecule has 0 bridgehead atoms. The van der Waals surface area contributed by atoms with Crippen molar-refractivity contribution in [1.29, 1.82) is 0 Å². The molecule has 1 N–H and O–H groups in total. The lowest BCUT2D eigenvalue weighted by Crippen LogP contribution is -2.35. The fourth-order valence-electron chi connectivity index (χ4n) is 3.46. The van der Waals surface area contributed by atoms with Crippen LogP contribution in [-0.2, 0) is 9.53 Å². The molecule has 0 aromatic carbocycles. The molecule has 5 heteroatoms. The van der Waals surface area contributed by atoms with E-state index in [0.29, 0.717) is 17.7 Å². The van der Waals surface area contributed by atoms with Gasteiger partial charge in [-0.25, -0.2) is 0 Å². The Kier molecular flexibility index (Phi) is 8.60. The molecule has 0 aromatic heterocycles. The molecule has 2 fully saturated rings. The molecular formula is C16H31ClN2O2. The van der Waals surface area contributed by atoms with E-state index in [2.05, 4.69) is 17.1 Å². The lowest BCUT2D eigenvalue weighted by atomic mass is 9.84. The molecule has 2 saturated heterocycles. The number of ether oxygens (including phenoxy) is 1. The largest absolute Gasteiger partial charge is 0.381 e. The molecule has 2 unspecified atom stereocenters. The highest BCUT2D eigenvalue weighted by molar-refractivity contribution is 5.85. The molecule has 2 atom stereocenters. The Hall–Kier alpha value is -0.320. The molecule has 1 amide bonds. The normalized spacial score (nSPS) is 24.7. The van der Waals surface area contributed by atoms with Crippen molar-refractivity contribution in [2.24, 2.45) is 17.8 Å². The lowest BCUT2D eigenvalue weighted by molar-refractivity contribution is -0.131. The van der Waals surface area contributed by atoms with Crippen LogP contribution in [0.4, 0.5) is 0 Å². The van der Waals surface area contributed by atoms with Crippen molar-refractivity contribution >= 4 is 18.3 Å². The van der Waals surface area contributed by atoms with Gasteiger partial charge in [-0.3, -0.25) is 4.79 Å². The number of rotatable bonds is 6. The van der Waals surface area contributed by atoms with Crippen molar-refractivity contribution in [3.05, 3.63) is 0 Å². The van der Waals surface area contributed by atoms with Crippen molar-refractivity contribution in [1.82, 2.24) is 10.2 Å². The second kappa shape index (κ2) is 9.65. The first-order valence-corrected chi connectivity index (χ1v) is 8.27. The zero-order valence-electron chi connectivity index (χ0n) is 13.5. The summed E-state index contributed by atoms with van der Waals surface area (Å²) in [6.07, 6.45) is 4.28. The van der Waals surface area contributed by atoms with Crippen LogP contribution in [0, 0.1) is 17.8 Å². The van der Waals surface area contributed by atoms with Gasteiger partial charge in [-0.1, -0.05) is 6.92 Å². The maximum Gasteiger partial charge on any atom is 0.222 e. The van der Waals surface area contributed by atoms with E-state index in [1.165, 1.54) is 12.8 Å². The molecular weight excluding hydrogens is 288 g/mol. The van der Waals surface area contributed by atoms with Gasteiger partial charge in [0.15, 0.2) is 0 Å². The highest BCUT2D eigenvalue weighted by Crippen LogP contribution is 2.26. The zero-order valence-corrected chi connectivity index (χ0v) is 14.3. The van der Waals surface area contributed by atoms with Gasteiger partial charge in [-0.2, -0.15) is 0 Å². The minimum absolute atomic E-state index is 0. The number of likely N-dealkylation sites (tertiary alicyclic amines) is 1. The van der Waals surface area contributed by atoms with Gasteiger partial charge in [0.2, 0.25) is 5.91 Å². The monoisotopic (exact) mass is 318 g/mol. The first kappa shape index (κ1) is 18.7. The SMILES string of the molecule is CCOCC1CCN(C(=O)CC(C)C2CCNCC2)C1.Cl. The van der Waals surface area contributed by atoms with Gasteiger partial charge in [0.1, 0.15) is 0 Å². The van der Waals surface area contributed by atoms with Gasteiger partial charge < -0.3 is 15.0 Å². The number of piperidine rings is 1. The summed E-state index contributed by atoms with van der Waals surface area (Å²) in [5, 5.41) is 3.39. The molecule has 0 aliphatic carbocycles. The van der Waals surface area contributed by atoms with E-state index >= 15 is 0 Å². The van der Waals surface area contributed by atoms with E-state index in [1.807, 2.05) is 6.92 Å². The molecule has 4 nitrogen and oxygen atoms in total. The molecule has 124 valence electrons. The fourth-order valence-corrected chi connectivity index (χ4v) is 3.46. The van der Waals surface area contributed by atoms with E-state index in [1.54, 1.807) is 0 Å². The lowest BCUT2D eigenvalue weighted by Gasteiger charge is -2.29. The Bertz CT molecular complexity index is 309. The summed E-state index contributed by atoms with van der Waals surface area (Å²) in [6, 6.07) is 0. The minimum Gasteiger partial charge on any atom is -0.381 e. The van der Waals surface area contributed by atoms with E-state index in [-0.39, 0.29) is 12.4 Å². The van der Waals surface area contributed by atoms with Crippen molar-refractivity contribution in [2.45, 2.75) is 39.5 Å². The Labute approximate surface area is 135 Å². The summed E-state index contributed by atoms with van der Waals surface area (Å²) in [6.45, 7) is 9.92. The summed E-state index contributed by atoms with van der Waals surface area (Å²) in [5.41, 5.74) is 0. The molecule has 2 aliphatic rings. The molecule has 2 heterocycles. The van der Waals surface area contributed by atoms with Crippen LogP contribution in [0.2, 0.25) is 0 Å². The number of nitrogens with zero attached hydrogens (tertiary/aromatic N) is 1. The fraction of sp³-hybridized carbons (Fsp3) is 0.938. The first-order chi connectivity index (χ1) is 9.70. The Morgan fingerprint density at radius 1 is 1.33 bits per heavy atom. The number of halogens is 1. The van der Waals surface area contributed by atoms with E-state index in [9.17, 15) is 4.79 Å². The van der Waals surface area contributed by atoms with E-state index in [4.69, 9.17) is 4.74 Å². The van der Waals surface area contributed by atoms with E-state index < -0.39 is 0 Å². The summed E-state index contributed by atoms with van der Waals surface area (Å²) < 4.78 is 5.48. The number of nitrogens with one attached hydrogen (secondary N) is 1. The predicted molar refractivity (Wildman–Crippen MR) is 87.8 cm³/mol. The average Bonchev–Trinajstić information content (AvgIpc) is 2.95. The summed E-state index contributed by atoms with van der Waals surface area (Å²) >= 11 is 0. The van der Waals surface area contributed by atoms with Crippen molar-refractivity contribution in [2.75, 3.05) is 39.4 Å². The van der Waals surface area contributed by atoms with Gasteiger partial charge in [0, 0.05) is 32.0 Å². The molecule has 21 heavy (non-hydrogen) atoms. The Morgan fingerprint density at radius 2 is 2.05 bits per heavy atom. The van der Waals surface area contributed by atoms with Gasteiger partial charge >= 0.3 is 0 Å². The first-order valence-electron chi connectivity index (χ1n) is 8.27. The summed E-state index contributed by atoms with van der Waals surface area (Å²) in [5.74, 6) is 2.15. The third kappa shape index (κ3) is 5.76. The Morgan fingerprint density at radius 3 is 2.71 bits per heavy atom. The smallest absolute Gasteiger partial charge is 0.222 e. The number of carbonyl (C=O) groups is 1. The predicted octanol–water partition coefficient (Wildman–Crippen LogP) is 2.32. The summed E-state index contributed by atoms with van der Waals surface area (Å²) in [7, 11) is 0. The average molecular weight is 319 g/mol. The van der Waals surface area contributed by atoms with Gasteiger partial charge in [0.05, 0.1) is 6.61 Å². The summed E-state index contributed by atoms with van der Waals surface area (Å²) in [4.78, 5) is 14.4. The third-order valence-electron chi connectivity index (χ3n) is 4.88. The molecule has 0 spiro atoms. The van der Waals surface area contributed by atoms with Crippen LogP contribution in [0.15, 0.2) is 0 Å². The van der Waals surface area contributed by atoms with Crippen LogP contribution in [-0.4, -0.2) is 50.2 Å². The number of hydrogen-bond acceptors (Lipinski definition) is 3. The van der Waals surface area contributed by atoms with E-state index in [0.717, 1.165) is 58.2 Å². The Balaban J connectivity index is 0.00000220. The highest BCUT2D eigenvalue weighted by atomic mass is 35.5. The van der Waals surface area contributed by atoms with Crippen molar-refractivity contribution < 1.29 is 9.53 Å². The maximum absolute atomic E-state index is 12.4. The van der Waals surface area contributed by atoms with Crippen LogP contribution in [0.3, 0.4) is 0 Å². The number of hydrogen-bond donors (Lipinski definition) is 1. The van der Waals surface area contributed by atoms with Crippen LogP contribution < -0.4 is 5.32 Å². The quantitative estimate of drug-likeness (QED) is 0.817.